The van der Waals surface area contributed by atoms with E-state index in [1.165, 1.54) is 11.8 Å². The molecular weight excluding hydrogens is 272 g/mol. The Morgan fingerprint density at radius 3 is 2.65 bits per heavy atom. The summed E-state index contributed by atoms with van der Waals surface area (Å²) in [5.74, 6) is -0.234. The van der Waals surface area contributed by atoms with Gasteiger partial charge in [0.2, 0.25) is 0 Å². The van der Waals surface area contributed by atoms with Crippen molar-refractivity contribution in [2.45, 2.75) is 38.1 Å². The van der Waals surface area contributed by atoms with Crippen LogP contribution in [0.2, 0.25) is 0 Å². The molecule has 1 saturated heterocycles. The summed E-state index contributed by atoms with van der Waals surface area (Å²) in [6, 6.07) is 10.0. The number of esters is 1. The van der Waals surface area contributed by atoms with Gasteiger partial charge in [-0.1, -0.05) is 42.1 Å². The maximum absolute atomic E-state index is 12.0. The number of ether oxygens (including phenoxy) is 1. The first kappa shape index (κ1) is 14.9. The molecule has 1 heterocycles. The van der Waals surface area contributed by atoms with Gasteiger partial charge in [0.25, 0.3) is 0 Å². The molecular formula is C15H20N2O2S. The molecule has 1 unspecified atom stereocenters. The van der Waals surface area contributed by atoms with Crippen molar-refractivity contribution in [3.05, 3.63) is 35.9 Å². The average Bonchev–Trinajstić information content (AvgIpc) is 2.64. The van der Waals surface area contributed by atoms with Crippen LogP contribution >= 0.6 is 11.8 Å². The van der Waals surface area contributed by atoms with Crippen LogP contribution in [-0.2, 0) is 16.1 Å². The lowest BCUT2D eigenvalue weighted by Gasteiger charge is -2.34. The molecule has 0 aromatic heterocycles. The molecule has 0 saturated carbocycles. The smallest absolute Gasteiger partial charge is 0.321 e. The SMILES string of the molecule is CCOC(=O)C1SC(=N)N(Cc2ccccc2)C1(C)C. The molecule has 1 aliphatic heterocycles. The summed E-state index contributed by atoms with van der Waals surface area (Å²) in [4.78, 5) is 14.0. The summed E-state index contributed by atoms with van der Waals surface area (Å²) in [6.45, 7) is 6.79. The number of hydrogen-bond donors (Lipinski definition) is 1. The summed E-state index contributed by atoms with van der Waals surface area (Å²) in [5.41, 5.74) is 0.708. The zero-order valence-corrected chi connectivity index (χ0v) is 12.9. The highest BCUT2D eigenvalue weighted by atomic mass is 32.2. The van der Waals surface area contributed by atoms with E-state index in [1.807, 2.05) is 49.1 Å². The second-order valence-electron chi connectivity index (χ2n) is 5.28. The molecule has 2 rings (SSSR count). The first-order chi connectivity index (χ1) is 9.46. The molecule has 0 spiro atoms. The van der Waals surface area contributed by atoms with E-state index in [9.17, 15) is 4.79 Å². The van der Waals surface area contributed by atoms with Crippen LogP contribution in [0, 0.1) is 5.41 Å². The Bertz CT molecular complexity index is 502. The van der Waals surface area contributed by atoms with Crippen LogP contribution in [-0.4, -0.2) is 33.4 Å². The van der Waals surface area contributed by atoms with E-state index in [1.54, 1.807) is 6.92 Å². The molecule has 1 aromatic carbocycles. The molecule has 0 bridgehead atoms. The molecule has 5 heteroatoms. The van der Waals surface area contributed by atoms with Gasteiger partial charge in [0.1, 0.15) is 5.25 Å². The molecule has 4 nitrogen and oxygen atoms in total. The Morgan fingerprint density at radius 2 is 2.05 bits per heavy atom. The van der Waals surface area contributed by atoms with E-state index in [0.29, 0.717) is 18.3 Å². The molecule has 1 atom stereocenters. The Kier molecular flexibility index (Phi) is 4.38. The van der Waals surface area contributed by atoms with Crippen molar-refractivity contribution in [1.82, 2.24) is 4.90 Å². The third kappa shape index (κ3) is 2.82. The average molecular weight is 292 g/mol. The van der Waals surface area contributed by atoms with Gasteiger partial charge in [-0.15, -0.1) is 0 Å². The van der Waals surface area contributed by atoms with Crippen LogP contribution in [0.5, 0.6) is 0 Å². The molecule has 0 amide bonds. The van der Waals surface area contributed by atoms with Gasteiger partial charge in [-0.3, -0.25) is 10.2 Å². The molecule has 0 radical (unpaired) electrons. The minimum Gasteiger partial charge on any atom is -0.465 e. The molecule has 1 N–H and O–H groups in total. The Hall–Kier alpha value is -1.49. The van der Waals surface area contributed by atoms with E-state index >= 15 is 0 Å². The van der Waals surface area contributed by atoms with Crippen molar-refractivity contribution in [3.63, 3.8) is 0 Å². The number of nitrogens with zero attached hydrogens (tertiary/aromatic N) is 1. The highest BCUT2D eigenvalue weighted by Gasteiger charge is 2.49. The van der Waals surface area contributed by atoms with Crippen LogP contribution in [0.25, 0.3) is 0 Å². The van der Waals surface area contributed by atoms with Crippen LogP contribution in [0.1, 0.15) is 26.3 Å². The summed E-state index contributed by atoms with van der Waals surface area (Å²) in [5, 5.41) is 8.23. The standard InChI is InChI=1S/C15H20N2O2S/c1-4-19-13(18)12-15(2,3)17(14(16)20-12)10-11-8-6-5-7-9-11/h5-9,12,16H,4,10H2,1-3H3. The van der Waals surface area contributed by atoms with E-state index in [-0.39, 0.29) is 11.2 Å². The Balaban J connectivity index is 2.18. The van der Waals surface area contributed by atoms with Crippen LogP contribution in [0.4, 0.5) is 0 Å². The maximum Gasteiger partial charge on any atom is 0.321 e. The van der Waals surface area contributed by atoms with E-state index < -0.39 is 5.54 Å². The second kappa shape index (κ2) is 5.87. The van der Waals surface area contributed by atoms with Gasteiger partial charge in [0.05, 0.1) is 12.1 Å². The second-order valence-corrected chi connectivity index (χ2v) is 6.37. The Morgan fingerprint density at radius 1 is 1.40 bits per heavy atom. The fourth-order valence-corrected chi connectivity index (χ4v) is 3.55. The summed E-state index contributed by atoms with van der Waals surface area (Å²) in [6.07, 6.45) is 0. The van der Waals surface area contributed by atoms with Gasteiger partial charge in [-0.25, -0.2) is 0 Å². The summed E-state index contributed by atoms with van der Waals surface area (Å²) >= 11 is 1.28. The molecule has 1 aromatic rings. The minimum absolute atomic E-state index is 0.234. The van der Waals surface area contributed by atoms with Crippen molar-refractivity contribution in [2.75, 3.05) is 6.61 Å². The lowest BCUT2D eigenvalue weighted by molar-refractivity contribution is -0.144. The Labute approximate surface area is 124 Å². The number of nitrogens with one attached hydrogen (secondary N) is 1. The molecule has 108 valence electrons. The van der Waals surface area contributed by atoms with Gasteiger partial charge < -0.3 is 9.64 Å². The summed E-state index contributed by atoms with van der Waals surface area (Å²) in [7, 11) is 0. The van der Waals surface area contributed by atoms with Gasteiger partial charge in [-0.2, -0.15) is 0 Å². The summed E-state index contributed by atoms with van der Waals surface area (Å²) < 4.78 is 5.13. The van der Waals surface area contributed by atoms with Crippen LogP contribution < -0.4 is 0 Å². The number of carbonyl (C=O) groups excluding carboxylic acids is 1. The quantitative estimate of drug-likeness (QED) is 0.867. The third-order valence-corrected chi connectivity index (χ3v) is 4.94. The normalized spacial score (nSPS) is 21.1. The van der Waals surface area contributed by atoms with Crippen LogP contribution in [0.15, 0.2) is 30.3 Å². The van der Waals surface area contributed by atoms with E-state index in [2.05, 4.69) is 0 Å². The van der Waals surface area contributed by atoms with Crippen molar-refractivity contribution in [3.8, 4) is 0 Å². The van der Waals surface area contributed by atoms with Crippen molar-refractivity contribution < 1.29 is 9.53 Å². The zero-order valence-electron chi connectivity index (χ0n) is 12.1. The zero-order chi connectivity index (χ0) is 14.8. The number of hydrogen-bond acceptors (Lipinski definition) is 4. The highest BCUT2D eigenvalue weighted by molar-refractivity contribution is 8.15. The van der Waals surface area contributed by atoms with Crippen molar-refractivity contribution in [1.29, 1.82) is 5.41 Å². The van der Waals surface area contributed by atoms with Crippen molar-refractivity contribution >= 4 is 22.9 Å². The number of carbonyl (C=O) groups is 1. The maximum atomic E-state index is 12.0. The largest absolute Gasteiger partial charge is 0.465 e. The van der Waals surface area contributed by atoms with E-state index in [0.717, 1.165) is 5.56 Å². The molecule has 1 aliphatic rings. The predicted octanol–water partition coefficient (Wildman–Crippen LogP) is 2.88. The highest BCUT2D eigenvalue weighted by Crippen LogP contribution is 2.40. The fraction of sp³-hybridized carbons (Fsp3) is 0.467. The van der Waals surface area contributed by atoms with Gasteiger partial charge in [0, 0.05) is 6.54 Å². The predicted molar refractivity (Wildman–Crippen MR) is 81.8 cm³/mol. The topological polar surface area (TPSA) is 53.4 Å². The van der Waals surface area contributed by atoms with Gasteiger partial charge in [-0.05, 0) is 26.3 Å². The molecule has 0 aliphatic carbocycles. The van der Waals surface area contributed by atoms with Gasteiger partial charge in [0.15, 0.2) is 5.17 Å². The molecule has 20 heavy (non-hydrogen) atoms. The first-order valence-corrected chi connectivity index (χ1v) is 7.58. The molecule has 1 fully saturated rings. The number of rotatable bonds is 4. The first-order valence-electron chi connectivity index (χ1n) is 6.70. The lowest BCUT2D eigenvalue weighted by atomic mass is 9.97. The van der Waals surface area contributed by atoms with Gasteiger partial charge >= 0.3 is 5.97 Å². The number of thioether (sulfide) groups is 1. The lowest BCUT2D eigenvalue weighted by Crippen LogP contribution is -2.48. The third-order valence-electron chi connectivity index (χ3n) is 3.50. The monoisotopic (exact) mass is 292 g/mol. The van der Waals surface area contributed by atoms with Crippen LogP contribution in [0.3, 0.4) is 0 Å². The number of benzene rings is 1. The minimum atomic E-state index is -0.427. The number of amidine groups is 1. The fourth-order valence-electron chi connectivity index (χ4n) is 2.32. The van der Waals surface area contributed by atoms with E-state index in [4.69, 9.17) is 10.1 Å². The van der Waals surface area contributed by atoms with Crippen molar-refractivity contribution in [2.24, 2.45) is 0 Å².